The highest BCUT2D eigenvalue weighted by Crippen LogP contribution is 2.40. The van der Waals surface area contributed by atoms with Crippen LogP contribution in [0, 0.1) is 10.1 Å². The molecule has 2 aromatic carbocycles. The number of hydrogen-bond acceptors (Lipinski definition) is 6. The van der Waals surface area contributed by atoms with E-state index in [0.717, 1.165) is 18.2 Å². The first-order valence-electron chi connectivity index (χ1n) is 8.81. The number of nitrogens with one attached hydrogen (secondary N) is 1. The highest BCUT2D eigenvalue weighted by molar-refractivity contribution is 7.99. The Morgan fingerprint density at radius 3 is 2.35 bits per heavy atom. The number of hydrogen-bond donors (Lipinski definition) is 2. The first kappa shape index (κ1) is 24.8. The maximum Gasteiger partial charge on any atom is 0.418 e. The van der Waals surface area contributed by atoms with Crippen molar-refractivity contribution in [1.82, 2.24) is 14.8 Å². The van der Waals surface area contributed by atoms with Crippen LogP contribution in [0.5, 0.6) is 0 Å². The van der Waals surface area contributed by atoms with Crippen molar-refractivity contribution in [3.05, 3.63) is 73.7 Å². The maximum atomic E-state index is 13.7. The molecule has 0 aliphatic rings. The second-order valence-electron chi connectivity index (χ2n) is 6.61. The SMILES string of the molecule is O=C(O)Cc1ccc(-n2c(Sc3ccc(C(F)(F)F)cc3[N+](=O)[O-])n[nH]c2=O)c(C(F)(F)F)c1. The van der Waals surface area contributed by atoms with Crippen LogP contribution in [-0.2, 0) is 23.6 Å². The molecule has 0 saturated heterocycles. The van der Waals surface area contributed by atoms with E-state index in [1.807, 2.05) is 5.10 Å². The molecular formula is C18H10F6N4O5S. The second-order valence-corrected chi connectivity index (χ2v) is 7.62. The predicted octanol–water partition coefficient (Wildman–Crippen LogP) is 4.28. The highest BCUT2D eigenvalue weighted by Gasteiger charge is 2.36. The van der Waals surface area contributed by atoms with Crippen LogP contribution in [0.15, 0.2) is 51.2 Å². The average Bonchev–Trinajstić information content (AvgIpc) is 3.06. The number of halogens is 6. The van der Waals surface area contributed by atoms with Crippen LogP contribution in [0.25, 0.3) is 5.69 Å². The monoisotopic (exact) mass is 508 g/mol. The number of carboxylic acids is 1. The Labute approximate surface area is 188 Å². The van der Waals surface area contributed by atoms with Gasteiger partial charge in [-0.15, -0.1) is 5.10 Å². The molecule has 0 bridgehead atoms. The molecule has 0 unspecified atom stereocenters. The standard InChI is InChI=1S/C18H10F6N4O5S/c19-17(20,21)9-2-4-13(12(7-9)28(32)33)34-16-26-25-15(31)27(16)11-3-1-8(6-14(29)30)5-10(11)18(22,23)24/h1-5,7H,6H2,(H,25,31)(H,29,30). The molecule has 16 heteroatoms. The van der Waals surface area contributed by atoms with Crippen molar-refractivity contribution in [2.24, 2.45) is 0 Å². The van der Waals surface area contributed by atoms with E-state index in [-0.39, 0.29) is 23.4 Å². The number of nitrogens with zero attached hydrogens (tertiary/aromatic N) is 3. The number of carbonyl (C=O) groups is 1. The quantitative estimate of drug-likeness (QED) is 0.289. The van der Waals surface area contributed by atoms with Crippen LogP contribution in [0.2, 0.25) is 0 Å². The molecule has 0 aliphatic heterocycles. The number of aromatic nitrogens is 3. The van der Waals surface area contributed by atoms with E-state index in [1.54, 1.807) is 0 Å². The van der Waals surface area contributed by atoms with Crippen LogP contribution in [0.4, 0.5) is 32.0 Å². The van der Waals surface area contributed by atoms with Gasteiger partial charge in [0.15, 0.2) is 0 Å². The zero-order valence-electron chi connectivity index (χ0n) is 16.3. The van der Waals surface area contributed by atoms with Gasteiger partial charge in [0.2, 0.25) is 5.16 Å². The highest BCUT2D eigenvalue weighted by atomic mass is 32.2. The van der Waals surface area contributed by atoms with Crippen LogP contribution in [0.1, 0.15) is 16.7 Å². The van der Waals surface area contributed by atoms with Gasteiger partial charge < -0.3 is 5.11 Å². The van der Waals surface area contributed by atoms with E-state index < -0.39 is 67.9 Å². The largest absolute Gasteiger partial charge is 0.481 e. The smallest absolute Gasteiger partial charge is 0.418 e. The van der Waals surface area contributed by atoms with Crippen molar-refractivity contribution < 1.29 is 41.2 Å². The van der Waals surface area contributed by atoms with Gasteiger partial charge in [0.05, 0.1) is 33.1 Å². The number of aromatic amines is 1. The van der Waals surface area contributed by atoms with E-state index in [2.05, 4.69) is 5.10 Å². The van der Waals surface area contributed by atoms with E-state index in [9.17, 15) is 46.0 Å². The summed E-state index contributed by atoms with van der Waals surface area (Å²) in [5, 5.41) is 25.0. The minimum absolute atomic E-state index is 0.215. The lowest BCUT2D eigenvalue weighted by Crippen LogP contribution is -2.20. The summed E-state index contributed by atoms with van der Waals surface area (Å²) < 4.78 is 80.2. The number of alkyl halides is 6. The van der Waals surface area contributed by atoms with Crippen molar-refractivity contribution in [3.63, 3.8) is 0 Å². The molecule has 9 nitrogen and oxygen atoms in total. The van der Waals surface area contributed by atoms with Gasteiger partial charge >= 0.3 is 24.0 Å². The average molecular weight is 508 g/mol. The van der Waals surface area contributed by atoms with E-state index in [0.29, 0.717) is 16.7 Å². The van der Waals surface area contributed by atoms with E-state index >= 15 is 0 Å². The summed E-state index contributed by atoms with van der Waals surface area (Å²) in [6, 6.07) is 3.90. The number of aliphatic carboxylic acids is 1. The third kappa shape index (κ3) is 5.22. The van der Waals surface area contributed by atoms with Crippen molar-refractivity contribution in [2.75, 3.05) is 0 Å². The molecule has 180 valence electrons. The van der Waals surface area contributed by atoms with E-state index in [1.165, 1.54) is 0 Å². The Balaban J connectivity index is 2.14. The summed E-state index contributed by atoms with van der Waals surface area (Å²) in [5.41, 5.74) is -5.87. The lowest BCUT2D eigenvalue weighted by atomic mass is 10.1. The second kappa shape index (κ2) is 8.85. The molecule has 3 aromatic rings. The van der Waals surface area contributed by atoms with Gasteiger partial charge in [-0.25, -0.2) is 14.5 Å². The molecule has 0 amide bonds. The summed E-state index contributed by atoms with van der Waals surface area (Å²) in [6.07, 6.45) is -10.7. The Bertz CT molecular complexity index is 1330. The van der Waals surface area contributed by atoms with Gasteiger partial charge in [-0.05, 0) is 41.6 Å². The summed E-state index contributed by atoms with van der Waals surface area (Å²) in [5.74, 6) is -1.40. The first-order valence-corrected chi connectivity index (χ1v) is 9.63. The number of benzene rings is 2. The Morgan fingerprint density at radius 2 is 1.79 bits per heavy atom. The molecular weight excluding hydrogens is 498 g/mol. The third-order valence-electron chi connectivity index (χ3n) is 4.29. The van der Waals surface area contributed by atoms with Gasteiger partial charge in [0.1, 0.15) is 0 Å². The summed E-state index contributed by atoms with van der Waals surface area (Å²) >= 11 is 0.288. The summed E-state index contributed by atoms with van der Waals surface area (Å²) in [4.78, 5) is 32.9. The number of H-pyrrole nitrogens is 1. The molecule has 2 N–H and O–H groups in total. The number of nitro benzene ring substituents is 1. The molecule has 1 aromatic heterocycles. The van der Waals surface area contributed by atoms with Crippen molar-refractivity contribution in [2.45, 2.75) is 28.8 Å². The molecule has 0 radical (unpaired) electrons. The fourth-order valence-corrected chi connectivity index (χ4v) is 3.81. The predicted molar refractivity (Wildman–Crippen MR) is 103 cm³/mol. The zero-order valence-corrected chi connectivity index (χ0v) is 17.1. The fraction of sp³-hybridized carbons (Fsp3) is 0.167. The van der Waals surface area contributed by atoms with Crippen LogP contribution >= 0.6 is 11.8 Å². The summed E-state index contributed by atoms with van der Waals surface area (Å²) in [6.45, 7) is 0. The number of carboxylic acid groups (broad SMARTS) is 1. The molecule has 1 heterocycles. The van der Waals surface area contributed by atoms with Gasteiger partial charge in [-0.1, -0.05) is 6.07 Å². The van der Waals surface area contributed by atoms with Crippen LogP contribution in [0.3, 0.4) is 0 Å². The molecule has 0 spiro atoms. The van der Waals surface area contributed by atoms with Gasteiger partial charge in [0, 0.05) is 6.07 Å². The minimum Gasteiger partial charge on any atom is -0.481 e. The topological polar surface area (TPSA) is 131 Å². The molecule has 0 atom stereocenters. The van der Waals surface area contributed by atoms with Crippen molar-refractivity contribution in [1.29, 1.82) is 0 Å². The fourth-order valence-electron chi connectivity index (χ4n) is 2.87. The number of rotatable bonds is 6. The number of nitro groups is 1. The molecule has 0 fully saturated rings. The van der Waals surface area contributed by atoms with Crippen molar-refractivity contribution in [3.8, 4) is 5.69 Å². The van der Waals surface area contributed by atoms with Crippen LogP contribution in [-0.4, -0.2) is 30.8 Å². The lowest BCUT2D eigenvalue weighted by molar-refractivity contribution is -0.388. The Morgan fingerprint density at radius 1 is 1.12 bits per heavy atom. The minimum atomic E-state index is -5.04. The Kier molecular flexibility index (Phi) is 6.46. The zero-order chi connectivity index (χ0) is 25.4. The third-order valence-corrected chi connectivity index (χ3v) is 5.31. The van der Waals surface area contributed by atoms with Gasteiger partial charge in [0.25, 0.3) is 5.69 Å². The molecule has 34 heavy (non-hydrogen) atoms. The summed E-state index contributed by atoms with van der Waals surface area (Å²) in [7, 11) is 0. The lowest BCUT2D eigenvalue weighted by Gasteiger charge is -2.15. The van der Waals surface area contributed by atoms with Crippen molar-refractivity contribution >= 4 is 23.4 Å². The first-order chi connectivity index (χ1) is 15.7. The normalized spacial score (nSPS) is 12.1. The molecule has 0 aliphatic carbocycles. The molecule has 3 rings (SSSR count). The van der Waals surface area contributed by atoms with Crippen LogP contribution < -0.4 is 5.69 Å². The Hall–Kier alpha value is -3.82. The maximum absolute atomic E-state index is 13.7. The van der Waals surface area contributed by atoms with Gasteiger partial charge in [-0.2, -0.15) is 26.3 Å². The molecule has 0 saturated carbocycles. The van der Waals surface area contributed by atoms with Gasteiger partial charge in [-0.3, -0.25) is 14.9 Å². The van der Waals surface area contributed by atoms with E-state index in [4.69, 9.17) is 5.11 Å².